The topological polar surface area (TPSA) is 17.1 Å². The Kier molecular flexibility index (Phi) is 1.23. The van der Waals surface area contributed by atoms with E-state index >= 15 is 0 Å². The van der Waals surface area contributed by atoms with E-state index in [-0.39, 0.29) is 0 Å². The lowest BCUT2D eigenvalue weighted by Gasteiger charge is -2.17. The molecule has 2 aliphatic rings. The Bertz CT molecular complexity index is 223. The number of carbonyl (C=O) groups is 1. The van der Waals surface area contributed by atoms with Gasteiger partial charge in [-0.05, 0) is 12.8 Å². The second-order valence-electron chi connectivity index (χ2n) is 2.93. The van der Waals surface area contributed by atoms with Crippen molar-refractivity contribution in [2.45, 2.75) is 19.3 Å². The minimum Gasteiger partial charge on any atom is -0.295 e. The smallest absolute Gasteiger partial charge is 0.159 e. The third kappa shape index (κ3) is 0.737. The number of rotatable bonds is 0. The summed E-state index contributed by atoms with van der Waals surface area (Å²) < 4.78 is 0. The number of hydrogen-bond donors (Lipinski definition) is 0. The number of Topliss-reactive ketones (excluding diaryl/α,β-unsaturated/α-hetero) is 1. The highest BCUT2D eigenvalue weighted by molar-refractivity contribution is 5.97. The van der Waals surface area contributed by atoms with Crippen molar-refractivity contribution in [1.82, 2.24) is 0 Å². The molecule has 0 aliphatic heterocycles. The molecule has 0 heterocycles. The summed E-state index contributed by atoms with van der Waals surface area (Å²) in [6.07, 6.45) is 9.12. The molecular formula is C9H10O. The number of ketones is 1. The third-order valence-electron chi connectivity index (χ3n) is 2.26. The molecule has 1 nitrogen and oxygen atoms in total. The van der Waals surface area contributed by atoms with E-state index in [9.17, 15) is 4.79 Å². The minimum absolute atomic E-state index is 0.362. The van der Waals surface area contributed by atoms with Crippen molar-refractivity contribution in [2.75, 3.05) is 0 Å². The minimum atomic E-state index is 0.362. The van der Waals surface area contributed by atoms with E-state index in [1.165, 1.54) is 6.42 Å². The maximum atomic E-state index is 11.2. The first kappa shape index (κ1) is 5.90. The summed E-state index contributed by atoms with van der Waals surface area (Å²) in [7, 11) is 0. The molecule has 1 saturated carbocycles. The van der Waals surface area contributed by atoms with E-state index in [4.69, 9.17) is 0 Å². The van der Waals surface area contributed by atoms with Crippen molar-refractivity contribution < 1.29 is 4.79 Å². The van der Waals surface area contributed by atoms with Gasteiger partial charge in [-0.1, -0.05) is 18.2 Å². The maximum absolute atomic E-state index is 11.2. The molecule has 0 saturated heterocycles. The molecule has 0 N–H and O–H groups in total. The zero-order valence-corrected chi connectivity index (χ0v) is 5.84. The molecule has 52 valence electrons. The van der Waals surface area contributed by atoms with Crippen LogP contribution in [-0.4, -0.2) is 5.78 Å². The van der Waals surface area contributed by atoms with Crippen LogP contribution in [0.15, 0.2) is 23.8 Å². The summed E-state index contributed by atoms with van der Waals surface area (Å²) in [5.41, 5.74) is 1.05. The van der Waals surface area contributed by atoms with E-state index < -0.39 is 0 Å². The van der Waals surface area contributed by atoms with E-state index in [0.717, 1.165) is 18.4 Å². The molecule has 0 spiro atoms. The number of allylic oxidation sites excluding steroid dienone is 4. The lowest BCUT2D eigenvalue weighted by molar-refractivity contribution is -0.116. The van der Waals surface area contributed by atoms with Gasteiger partial charge in [-0.25, -0.2) is 0 Å². The van der Waals surface area contributed by atoms with Gasteiger partial charge in [0, 0.05) is 17.9 Å². The van der Waals surface area contributed by atoms with Crippen molar-refractivity contribution >= 4 is 5.78 Å². The Hall–Kier alpha value is -0.850. The van der Waals surface area contributed by atoms with Crippen molar-refractivity contribution in [1.29, 1.82) is 0 Å². The normalized spacial score (nSPS) is 30.2. The van der Waals surface area contributed by atoms with Crippen molar-refractivity contribution in [3.8, 4) is 0 Å². The van der Waals surface area contributed by atoms with Crippen LogP contribution in [0.3, 0.4) is 0 Å². The van der Waals surface area contributed by atoms with Crippen LogP contribution < -0.4 is 0 Å². The standard InChI is InChI=1S/C9H10O/c10-9-6-2-4-7-3-1-5-8(7)9/h1,3,5,7H,2,4,6H2. The predicted octanol–water partition coefficient (Wildman–Crippen LogP) is 1.85. The highest BCUT2D eigenvalue weighted by Gasteiger charge is 2.24. The predicted molar refractivity (Wildman–Crippen MR) is 39.6 cm³/mol. The molecule has 1 unspecified atom stereocenters. The summed E-state index contributed by atoms with van der Waals surface area (Å²) in [4.78, 5) is 11.2. The van der Waals surface area contributed by atoms with Gasteiger partial charge in [-0.2, -0.15) is 0 Å². The second-order valence-corrected chi connectivity index (χ2v) is 2.93. The Morgan fingerprint density at radius 1 is 1.50 bits per heavy atom. The molecular weight excluding hydrogens is 124 g/mol. The van der Waals surface area contributed by atoms with Crippen molar-refractivity contribution in [2.24, 2.45) is 5.92 Å². The van der Waals surface area contributed by atoms with Gasteiger partial charge in [-0.15, -0.1) is 0 Å². The molecule has 0 aromatic carbocycles. The molecule has 0 aromatic heterocycles. The zero-order valence-electron chi connectivity index (χ0n) is 5.84. The molecule has 1 atom stereocenters. The van der Waals surface area contributed by atoms with Crippen LogP contribution in [0, 0.1) is 5.92 Å². The maximum Gasteiger partial charge on any atom is 0.159 e. The zero-order chi connectivity index (χ0) is 6.97. The van der Waals surface area contributed by atoms with Gasteiger partial charge in [0.05, 0.1) is 0 Å². The lowest BCUT2D eigenvalue weighted by atomic mass is 9.86. The third-order valence-corrected chi connectivity index (χ3v) is 2.26. The fourth-order valence-electron chi connectivity index (χ4n) is 1.70. The van der Waals surface area contributed by atoms with Crippen LogP contribution in [0.4, 0.5) is 0 Å². The van der Waals surface area contributed by atoms with Crippen LogP contribution >= 0.6 is 0 Å². The second kappa shape index (κ2) is 2.08. The summed E-state index contributed by atoms with van der Waals surface area (Å²) in [6, 6.07) is 0. The summed E-state index contributed by atoms with van der Waals surface area (Å²) in [6.45, 7) is 0. The largest absolute Gasteiger partial charge is 0.295 e. The van der Waals surface area contributed by atoms with Gasteiger partial charge in [0.15, 0.2) is 5.78 Å². The average molecular weight is 134 g/mol. The molecule has 0 bridgehead atoms. The van der Waals surface area contributed by atoms with Gasteiger partial charge in [-0.3, -0.25) is 4.79 Å². The van der Waals surface area contributed by atoms with Crippen LogP contribution in [0.1, 0.15) is 19.3 Å². The molecule has 0 radical (unpaired) electrons. The average Bonchev–Trinajstić information content (AvgIpc) is 2.36. The van der Waals surface area contributed by atoms with Crippen molar-refractivity contribution in [3.05, 3.63) is 23.8 Å². The summed E-state index contributed by atoms with van der Waals surface area (Å²) >= 11 is 0. The van der Waals surface area contributed by atoms with E-state index in [1.54, 1.807) is 0 Å². The highest BCUT2D eigenvalue weighted by Crippen LogP contribution is 2.30. The number of hydrogen-bond acceptors (Lipinski definition) is 1. The summed E-state index contributed by atoms with van der Waals surface area (Å²) in [5.74, 6) is 0.836. The van der Waals surface area contributed by atoms with Crippen LogP contribution in [0.25, 0.3) is 0 Å². The first-order valence-corrected chi connectivity index (χ1v) is 3.79. The molecule has 2 aliphatic carbocycles. The molecule has 1 fully saturated rings. The molecule has 0 amide bonds. The van der Waals surface area contributed by atoms with Crippen molar-refractivity contribution in [3.63, 3.8) is 0 Å². The van der Waals surface area contributed by atoms with Gasteiger partial charge in [0.2, 0.25) is 0 Å². The van der Waals surface area contributed by atoms with Gasteiger partial charge in [0.25, 0.3) is 0 Å². The number of carbonyl (C=O) groups excluding carboxylic acids is 1. The number of fused-ring (bicyclic) bond motifs is 1. The Labute approximate surface area is 60.4 Å². The molecule has 0 aromatic rings. The van der Waals surface area contributed by atoms with Gasteiger partial charge >= 0.3 is 0 Å². The molecule has 1 heteroatoms. The molecule has 10 heavy (non-hydrogen) atoms. The fourth-order valence-corrected chi connectivity index (χ4v) is 1.70. The van der Waals surface area contributed by atoms with Crippen LogP contribution in [0.2, 0.25) is 0 Å². The van der Waals surface area contributed by atoms with Crippen LogP contribution in [-0.2, 0) is 4.79 Å². The van der Waals surface area contributed by atoms with E-state index in [2.05, 4.69) is 6.08 Å². The Balaban J connectivity index is 2.28. The van der Waals surface area contributed by atoms with E-state index in [1.807, 2.05) is 12.2 Å². The SMILES string of the molecule is O=C1CCCC2C=CC=C12. The lowest BCUT2D eigenvalue weighted by Crippen LogP contribution is -2.15. The first-order valence-electron chi connectivity index (χ1n) is 3.79. The van der Waals surface area contributed by atoms with Crippen LogP contribution in [0.5, 0.6) is 0 Å². The highest BCUT2D eigenvalue weighted by atomic mass is 16.1. The Morgan fingerprint density at radius 3 is 3.20 bits per heavy atom. The van der Waals surface area contributed by atoms with E-state index in [0.29, 0.717) is 11.7 Å². The Morgan fingerprint density at radius 2 is 2.40 bits per heavy atom. The van der Waals surface area contributed by atoms with Gasteiger partial charge in [0.1, 0.15) is 0 Å². The fraction of sp³-hybridized carbons (Fsp3) is 0.444. The van der Waals surface area contributed by atoms with Gasteiger partial charge < -0.3 is 0 Å². The quantitative estimate of drug-likeness (QED) is 0.494. The summed E-state index contributed by atoms with van der Waals surface area (Å²) in [5, 5.41) is 0. The monoisotopic (exact) mass is 134 g/mol. The molecule has 2 rings (SSSR count). The first-order chi connectivity index (χ1) is 4.88.